The molecular formula is C16H16N2O4S. The SMILES string of the molecule is NC(=O)c1ccc(NS(=O)(=O)c2ccc3c(c2)CCCO3)cc1. The van der Waals surface area contributed by atoms with Crippen molar-refractivity contribution in [2.45, 2.75) is 17.7 Å². The van der Waals surface area contributed by atoms with Gasteiger partial charge in [0, 0.05) is 11.3 Å². The van der Waals surface area contributed by atoms with Crippen LogP contribution in [0, 0.1) is 0 Å². The third-order valence-corrected chi connectivity index (χ3v) is 4.99. The van der Waals surface area contributed by atoms with E-state index in [2.05, 4.69) is 4.72 Å². The van der Waals surface area contributed by atoms with E-state index in [1.54, 1.807) is 12.1 Å². The van der Waals surface area contributed by atoms with Crippen molar-refractivity contribution in [1.82, 2.24) is 0 Å². The van der Waals surface area contributed by atoms with E-state index in [0.717, 1.165) is 24.2 Å². The zero-order valence-corrected chi connectivity index (χ0v) is 13.1. The minimum atomic E-state index is -3.70. The lowest BCUT2D eigenvalue weighted by Crippen LogP contribution is -2.15. The predicted molar refractivity (Wildman–Crippen MR) is 86.0 cm³/mol. The van der Waals surface area contributed by atoms with Crippen LogP contribution >= 0.6 is 0 Å². The lowest BCUT2D eigenvalue weighted by atomic mass is 10.1. The monoisotopic (exact) mass is 332 g/mol. The number of sulfonamides is 1. The highest BCUT2D eigenvalue weighted by atomic mass is 32.2. The zero-order chi connectivity index (χ0) is 16.4. The molecule has 120 valence electrons. The molecule has 1 amide bonds. The average Bonchev–Trinajstić information content (AvgIpc) is 2.54. The molecule has 0 saturated heterocycles. The molecule has 0 bridgehead atoms. The van der Waals surface area contributed by atoms with Gasteiger partial charge >= 0.3 is 0 Å². The van der Waals surface area contributed by atoms with Crippen LogP contribution in [0.1, 0.15) is 22.3 Å². The maximum absolute atomic E-state index is 12.5. The summed E-state index contributed by atoms with van der Waals surface area (Å²) in [7, 11) is -3.70. The third kappa shape index (κ3) is 3.29. The van der Waals surface area contributed by atoms with Crippen molar-refractivity contribution in [1.29, 1.82) is 0 Å². The van der Waals surface area contributed by atoms with Crippen LogP contribution in [-0.2, 0) is 16.4 Å². The quantitative estimate of drug-likeness (QED) is 0.893. The van der Waals surface area contributed by atoms with Gasteiger partial charge in [-0.1, -0.05) is 0 Å². The lowest BCUT2D eigenvalue weighted by Gasteiger charge is -2.18. The van der Waals surface area contributed by atoms with Crippen LogP contribution in [0.4, 0.5) is 5.69 Å². The molecule has 0 aromatic heterocycles. The summed E-state index contributed by atoms with van der Waals surface area (Å²) in [6.07, 6.45) is 1.67. The molecule has 1 heterocycles. The van der Waals surface area contributed by atoms with Crippen molar-refractivity contribution < 1.29 is 17.9 Å². The fourth-order valence-electron chi connectivity index (χ4n) is 2.42. The molecule has 7 heteroatoms. The molecular weight excluding hydrogens is 316 g/mol. The third-order valence-electron chi connectivity index (χ3n) is 3.61. The van der Waals surface area contributed by atoms with E-state index in [1.807, 2.05) is 0 Å². The molecule has 0 saturated carbocycles. The van der Waals surface area contributed by atoms with Gasteiger partial charge in [0.25, 0.3) is 10.0 Å². The Bertz CT molecular complexity index is 845. The number of ether oxygens (including phenoxy) is 1. The van der Waals surface area contributed by atoms with Crippen LogP contribution in [0.25, 0.3) is 0 Å². The number of carbonyl (C=O) groups excluding carboxylic acids is 1. The molecule has 0 fully saturated rings. The van der Waals surface area contributed by atoms with Crippen LogP contribution in [0.2, 0.25) is 0 Å². The van der Waals surface area contributed by atoms with Crippen molar-refractivity contribution in [3.8, 4) is 5.75 Å². The first-order valence-electron chi connectivity index (χ1n) is 7.14. The summed E-state index contributed by atoms with van der Waals surface area (Å²) in [6.45, 7) is 0.656. The zero-order valence-electron chi connectivity index (χ0n) is 12.3. The number of hydrogen-bond acceptors (Lipinski definition) is 4. The van der Waals surface area contributed by atoms with Crippen LogP contribution in [0.15, 0.2) is 47.4 Å². The summed E-state index contributed by atoms with van der Waals surface area (Å²) >= 11 is 0. The minimum absolute atomic E-state index is 0.181. The highest BCUT2D eigenvalue weighted by Crippen LogP contribution is 2.28. The molecule has 0 radical (unpaired) electrons. The summed E-state index contributed by atoms with van der Waals surface area (Å²) in [5, 5.41) is 0. The summed E-state index contributed by atoms with van der Waals surface area (Å²) in [5.74, 6) is 0.176. The average molecular weight is 332 g/mol. The van der Waals surface area contributed by atoms with Gasteiger partial charge in [-0.2, -0.15) is 0 Å². The lowest BCUT2D eigenvalue weighted by molar-refractivity contribution is 0.100. The Hall–Kier alpha value is -2.54. The van der Waals surface area contributed by atoms with Gasteiger partial charge in [0.15, 0.2) is 0 Å². The number of rotatable bonds is 4. The second-order valence-corrected chi connectivity index (χ2v) is 6.95. The van der Waals surface area contributed by atoms with E-state index in [4.69, 9.17) is 10.5 Å². The molecule has 0 aliphatic carbocycles. The standard InChI is InChI=1S/C16H16N2O4S/c17-16(19)11-3-5-13(6-4-11)18-23(20,21)14-7-8-15-12(10-14)2-1-9-22-15/h3-8,10,18H,1-2,9H2,(H2,17,19). The Kier molecular flexibility index (Phi) is 3.96. The van der Waals surface area contributed by atoms with Crippen LogP contribution < -0.4 is 15.2 Å². The maximum Gasteiger partial charge on any atom is 0.261 e. The highest BCUT2D eigenvalue weighted by molar-refractivity contribution is 7.92. The number of carbonyl (C=O) groups is 1. The van der Waals surface area contributed by atoms with Gasteiger partial charge in [-0.25, -0.2) is 8.42 Å². The molecule has 3 N–H and O–H groups in total. The minimum Gasteiger partial charge on any atom is -0.493 e. The van der Waals surface area contributed by atoms with Crippen molar-refractivity contribution >= 4 is 21.6 Å². The first kappa shape index (κ1) is 15.4. The van der Waals surface area contributed by atoms with Gasteiger partial charge in [0.2, 0.25) is 5.91 Å². The Morgan fingerprint density at radius 1 is 1.13 bits per heavy atom. The van der Waals surface area contributed by atoms with Gasteiger partial charge in [-0.05, 0) is 60.9 Å². The van der Waals surface area contributed by atoms with Crippen LogP contribution in [-0.4, -0.2) is 20.9 Å². The molecule has 3 rings (SSSR count). The molecule has 1 aliphatic rings. The molecule has 2 aromatic rings. The van der Waals surface area contributed by atoms with E-state index in [-0.39, 0.29) is 4.90 Å². The summed E-state index contributed by atoms with van der Waals surface area (Å²) < 4.78 is 32.9. The van der Waals surface area contributed by atoms with E-state index < -0.39 is 15.9 Å². The van der Waals surface area contributed by atoms with Crippen molar-refractivity contribution in [2.24, 2.45) is 5.73 Å². The summed E-state index contributed by atoms with van der Waals surface area (Å²) in [6, 6.07) is 10.8. The Labute approximate surface area is 134 Å². The largest absolute Gasteiger partial charge is 0.493 e. The van der Waals surface area contributed by atoms with Crippen molar-refractivity contribution in [3.05, 3.63) is 53.6 Å². The number of aryl methyl sites for hydroxylation is 1. The molecule has 23 heavy (non-hydrogen) atoms. The number of nitrogens with one attached hydrogen (secondary N) is 1. The van der Waals surface area contributed by atoms with Gasteiger partial charge in [0.05, 0.1) is 11.5 Å². The van der Waals surface area contributed by atoms with Crippen LogP contribution in [0.5, 0.6) is 5.75 Å². The Morgan fingerprint density at radius 3 is 2.57 bits per heavy atom. The van der Waals surface area contributed by atoms with Gasteiger partial charge < -0.3 is 10.5 Å². The molecule has 0 spiro atoms. The first-order valence-corrected chi connectivity index (χ1v) is 8.62. The number of anilines is 1. The number of primary amides is 1. The second-order valence-electron chi connectivity index (χ2n) is 5.27. The van der Waals surface area contributed by atoms with Crippen LogP contribution in [0.3, 0.4) is 0 Å². The molecule has 6 nitrogen and oxygen atoms in total. The number of hydrogen-bond donors (Lipinski definition) is 2. The van der Waals surface area contributed by atoms with E-state index in [1.165, 1.54) is 30.3 Å². The second kappa shape index (κ2) is 5.92. The number of amides is 1. The smallest absolute Gasteiger partial charge is 0.261 e. The fourth-order valence-corrected chi connectivity index (χ4v) is 3.53. The van der Waals surface area contributed by atoms with E-state index in [0.29, 0.717) is 17.9 Å². The molecule has 2 aromatic carbocycles. The van der Waals surface area contributed by atoms with E-state index in [9.17, 15) is 13.2 Å². The van der Waals surface area contributed by atoms with Crippen molar-refractivity contribution in [2.75, 3.05) is 11.3 Å². The predicted octanol–water partition coefficient (Wildman–Crippen LogP) is 1.91. The molecule has 0 unspecified atom stereocenters. The highest BCUT2D eigenvalue weighted by Gasteiger charge is 2.18. The first-order chi connectivity index (χ1) is 11.0. The number of benzene rings is 2. The Morgan fingerprint density at radius 2 is 1.87 bits per heavy atom. The number of nitrogens with two attached hydrogens (primary N) is 1. The summed E-state index contributed by atoms with van der Waals surface area (Å²) in [4.78, 5) is 11.2. The topological polar surface area (TPSA) is 98.5 Å². The normalized spacial score (nSPS) is 13.7. The molecule has 1 aliphatic heterocycles. The fraction of sp³-hybridized carbons (Fsp3) is 0.188. The van der Waals surface area contributed by atoms with E-state index >= 15 is 0 Å². The van der Waals surface area contributed by atoms with Gasteiger partial charge in [0.1, 0.15) is 5.75 Å². The Balaban J connectivity index is 1.85. The van der Waals surface area contributed by atoms with Crippen molar-refractivity contribution in [3.63, 3.8) is 0 Å². The van der Waals surface area contributed by atoms with Gasteiger partial charge in [-0.3, -0.25) is 9.52 Å². The summed E-state index contributed by atoms with van der Waals surface area (Å²) in [5.41, 5.74) is 6.73. The maximum atomic E-state index is 12.5. The molecule has 0 atom stereocenters. The number of fused-ring (bicyclic) bond motifs is 1. The van der Waals surface area contributed by atoms with Gasteiger partial charge in [-0.15, -0.1) is 0 Å².